The third-order valence-corrected chi connectivity index (χ3v) is 4.50. The number of hydrogen-bond donors (Lipinski definition) is 1. The molecular formula is C16H22ClNO2. The van der Waals surface area contributed by atoms with E-state index in [0.717, 1.165) is 24.8 Å². The molecule has 1 aromatic rings. The molecule has 1 unspecified atom stereocenters. The highest BCUT2D eigenvalue weighted by Crippen LogP contribution is 2.42. The summed E-state index contributed by atoms with van der Waals surface area (Å²) in [5.74, 6) is -0.658. The molecule has 1 N–H and O–H groups in total. The van der Waals surface area contributed by atoms with Gasteiger partial charge in [-0.15, -0.1) is 0 Å². The minimum absolute atomic E-state index is 0.0810. The highest BCUT2D eigenvalue weighted by atomic mass is 35.5. The van der Waals surface area contributed by atoms with Gasteiger partial charge in [-0.1, -0.05) is 49.1 Å². The topological polar surface area (TPSA) is 40.5 Å². The van der Waals surface area contributed by atoms with E-state index in [1.165, 1.54) is 0 Å². The zero-order valence-corrected chi connectivity index (χ0v) is 12.9. The molecule has 110 valence electrons. The number of halogens is 1. The molecule has 1 aliphatic carbocycles. The molecule has 0 aromatic heterocycles. The minimum Gasteiger partial charge on any atom is -0.389 e. The Hall–Kier alpha value is -1.06. The second-order valence-corrected chi connectivity index (χ2v) is 6.26. The smallest absolute Gasteiger partial charge is 0.232 e. The zero-order chi connectivity index (χ0) is 14.8. The molecule has 1 saturated carbocycles. The molecule has 0 radical (unpaired) electrons. The monoisotopic (exact) mass is 295 g/mol. The molecule has 0 bridgehead atoms. The van der Waals surface area contributed by atoms with E-state index in [9.17, 15) is 9.90 Å². The van der Waals surface area contributed by atoms with Crippen LogP contribution < -0.4 is 0 Å². The predicted octanol–water partition coefficient (Wildman–Crippen LogP) is 3.21. The number of carbonyl (C=O) groups is 1. The van der Waals surface area contributed by atoms with Crippen molar-refractivity contribution in [2.24, 2.45) is 0 Å². The van der Waals surface area contributed by atoms with Gasteiger partial charge in [0.15, 0.2) is 0 Å². The maximum Gasteiger partial charge on any atom is 0.232 e. The van der Waals surface area contributed by atoms with Crippen molar-refractivity contribution in [2.75, 3.05) is 14.1 Å². The minimum atomic E-state index is -0.982. The summed E-state index contributed by atoms with van der Waals surface area (Å²) in [4.78, 5) is 14.1. The van der Waals surface area contributed by atoms with Crippen LogP contribution in [0.5, 0.6) is 0 Å². The molecule has 0 saturated heterocycles. The molecule has 4 heteroatoms. The number of carbonyl (C=O) groups excluding carboxylic acids is 1. The fourth-order valence-corrected chi connectivity index (χ4v) is 3.32. The molecule has 0 heterocycles. The maximum absolute atomic E-state index is 12.6. The zero-order valence-electron chi connectivity index (χ0n) is 12.1. The summed E-state index contributed by atoms with van der Waals surface area (Å²) in [7, 11) is 3.44. The lowest BCUT2D eigenvalue weighted by atomic mass is 9.72. The first-order chi connectivity index (χ1) is 9.46. The Morgan fingerprint density at radius 3 is 2.40 bits per heavy atom. The van der Waals surface area contributed by atoms with E-state index in [0.29, 0.717) is 17.9 Å². The fourth-order valence-electron chi connectivity index (χ4n) is 3.07. The lowest BCUT2D eigenvalue weighted by Gasteiger charge is -2.40. The van der Waals surface area contributed by atoms with Crippen molar-refractivity contribution in [3.63, 3.8) is 0 Å². The molecule has 1 aliphatic rings. The standard InChI is InChI=1S/C16H22ClNO2/c1-18(2)15(19)14(12-8-4-5-9-13(12)17)16(20)10-6-3-7-11-16/h4-5,8-9,14,20H,3,6-7,10-11H2,1-2H3. The van der Waals surface area contributed by atoms with Crippen LogP contribution in [0.3, 0.4) is 0 Å². The van der Waals surface area contributed by atoms with Crippen LogP contribution in [0.25, 0.3) is 0 Å². The summed E-state index contributed by atoms with van der Waals surface area (Å²) >= 11 is 6.27. The summed E-state index contributed by atoms with van der Waals surface area (Å²) in [6, 6.07) is 7.33. The largest absolute Gasteiger partial charge is 0.389 e. The molecule has 1 fully saturated rings. The number of aliphatic hydroxyl groups is 1. The van der Waals surface area contributed by atoms with Gasteiger partial charge in [-0.25, -0.2) is 0 Å². The summed E-state index contributed by atoms with van der Waals surface area (Å²) in [5.41, 5.74) is -0.248. The SMILES string of the molecule is CN(C)C(=O)C(c1ccccc1Cl)C1(O)CCCCC1. The van der Waals surface area contributed by atoms with Crippen molar-refractivity contribution in [3.8, 4) is 0 Å². The van der Waals surface area contributed by atoms with E-state index in [4.69, 9.17) is 11.6 Å². The molecule has 2 rings (SSSR count). The van der Waals surface area contributed by atoms with Gasteiger partial charge in [0.05, 0.1) is 11.5 Å². The van der Waals surface area contributed by atoms with Crippen molar-refractivity contribution in [1.29, 1.82) is 0 Å². The van der Waals surface area contributed by atoms with Crippen molar-refractivity contribution in [2.45, 2.75) is 43.6 Å². The van der Waals surface area contributed by atoms with Crippen molar-refractivity contribution in [1.82, 2.24) is 4.90 Å². The van der Waals surface area contributed by atoms with Crippen LogP contribution in [-0.2, 0) is 4.79 Å². The number of rotatable bonds is 3. The Bertz CT molecular complexity index is 481. The van der Waals surface area contributed by atoms with Gasteiger partial charge >= 0.3 is 0 Å². The lowest BCUT2D eigenvalue weighted by Crippen LogP contribution is -2.46. The van der Waals surface area contributed by atoms with Gasteiger partial charge in [-0.3, -0.25) is 4.79 Å². The van der Waals surface area contributed by atoms with Gasteiger partial charge in [0, 0.05) is 19.1 Å². The Kier molecular flexibility index (Phi) is 4.71. The highest BCUT2D eigenvalue weighted by molar-refractivity contribution is 6.31. The molecule has 1 atom stereocenters. The number of hydrogen-bond acceptors (Lipinski definition) is 2. The van der Waals surface area contributed by atoms with E-state index >= 15 is 0 Å². The third kappa shape index (κ3) is 2.99. The molecule has 3 nitrogen and oxygen atoms in total. The van der Waals surface area contributed by atoms with Gasteiger partial charge in [-0.2, -0.15) is 0 Å². The van der Waals surface area contributed by atoms with Crippen LogP contribution in [0.1, 0.15) is 43.6 Å². The van der Waals surface area contributed by atoms with Gasteiger partial charge < -0.3 is 10.0 Å². The molecule has 1 aromatic carbocycles. The summed E-state index contributed by atoms with van der Waals surface area (Å²) in [6.45, 7) is 0. The molecule has 0 spiro atoms. The highest BCUT2D eigenvalue weighted by Gasteiger charge is 2.44. The fraction of sp³-hybridized carbons (Fsp3) is 0.562. The van der Waals surface area contributed by atoms with Gasteiger partial charge in [0.2, 0.25) is 5.91 Å². The van der Waals surface area contributed by atoms with Crippen molar-refractivity contribution in [3.05, 3.63) is 34.9 Å². The van der Waals surface area contributed by atoms with Crippen LogP contribution in [0.2, 0.25) is 5.02 Å². The van der Waals surface area contributed by atoms with Gasteiger partial charge in [0.25, 0.3) is 0 Å². The normalized spacial score (nSPS) is 19.4. The summed E-state index contributed by atoms with van der Waals surface area (Å²) in [5, 5.41) is 11.6. The van der Waals surface area contributed by atoms with E-state index in [-0.39, 0.29) is 5.91 Å². The molecule has 1 amide bonds. The average molecular weight is 296 g/mol. The Morgan fingerprint density at radius 1 is 1.25 bits per heavy atom. The third-order valence-electron chi connectivity index (χ3n) is 4.16. The Morgan fingerprint density at radius 2 is 1.85 bits per heavy atom. The van der Waals surface area contributed by atoms with Crippen LogP contribution in [0, 0.1) is 0 Å². The number of likely N-dealkylation sites (N-methyl/N-ethyl adjacent to an activating group) is 1. The first kappa shape index (κ1) is 15.3. The summed E-state index contributed by atoms with van der Waals surface area (Å²) < 4.78 is 0. The molecule has 20 heavy (non-hydrogen) atoms. The van der Waals surface area contributed by atoms with Crippen LogP contribution in [0.15, 0.2) is 24.3 Å². The van der Waals surface area contributed by atoms with Crippen LogP contribution >= 0.6 is 11.6 Å². The molecule has 0 aliphatic heterocycles. The Labute approximate surface area is 125 Å². The summed E-state index contributed by atoms with van der Waals surface area (Å²) in [6.07, 6.45) is 4.34. The predicted molar refractivity (Wildman–Crippen MR) is 80.9 cm³/mol. The number of amides is 1. The first-order valence-corrected chi connectivity index (χ1v) is 7.51. The van der Waals surface area contributed by atoms with Gasteiger partial charge in [0.1, 0.15) is 0 Å². The maximum atomic E-state index is 12.6. The lowest BCUT2D eigenvalue weighted by molar-refractivity contribution is -0.139. The molecular weight excluding hydrogens is 274 g/mol. The van der Waals surface area contributed by atoms with Crippen molar-refractivity contribution >= 4 is 17.5 Å². The van der Waals surface area contributed by atoms with Crippen LogP contribution in [0.4, 0.5) is 0 Å². The van der Waals surface area contributed by atoms with Crippen LogP contribution in [-0.4, -0.2) is 35.6 Å². The quantitative estimate of drug-likeness (QED) is 0.930. The van der Waals surface area contributed by atoms with E-state index < -0.39 is 11.5 Å². The average Bonchev–Trinajstić information content (AvgIpc) is 2.41. The van der Waals surface area contributed by atoms with Gasteiger partial charge in [-0.05, 0) is 24.5 Å². The number of nitrogens with zero attached hydrogens (tertiary/aromatic N) is 1. The second kappa shape index (κ2) is 6.15. The first-order valence-electron chi connectivity index (χ1n) is 7.14. The number of benzene rings is 1. The van der Waals surface area contributed by atoms with Crippen molar-refractivity contribution < 1.29 is 9.90 Å². The van der Waals surface area contributed by atoms with E-state index in [1.807, 2.05) is 18.2 Å². The van der Waals surface area contributed by atoms with E-state index in [2.05, 4.69) is 0 Å². The van der Waals surface area contributed by atoms with E-state index in [1.54, 1.807) is 25.1 Å². The second-order valence-electron chi connectivity index (χ2n) is 5.85. The Balaban J connectivity index is 2.45.